The van der Waals surface area contributed by atoms with E-state index in [1.807, 2.05) is 12.1 Å². The number of aryl methyl sites for hydroxylation is 1. The fourth-order valence-electron chi connectivity index (χ4n) is 4.07. The Morgan fingerprint density at radius 1 is 1.15 bits per heavy atom. The lowest BCUT2D eigenvalue weighted by molar-refractivity contribution is 0.102. The van der Waals surface area contributed by atoms with Crippen molar-refractivity contribution in [1.29, 1.82) is 0 Å². The lowest BCUT2D eigenvalue weighted by Gasteiger charge is -2.26. The van der Waals surface area contributed by atoms with Gasteiger partial charge in [-0.2, -0.15) is 0 Å². The molecule has 0 aromatic heterocycles. The Hall–Kier alpha value is -1.81. The van der Waals surface area contributed by atoms with Crippen molar-refractivity contribution < 1.29 is 9.84 Å². The molecule has 2 N–H and O–H groups in total. The van der Waals surface area contributed by atoms with E-state index in [1.54, 1.807) is 0 Å². The van der Waals surface area contributed by atoms with Gasteiger partial charge in [0.2, 0.25) is 0 Å². The standard InChI is InChI=1S/C23H27NO2.ClH/c1-16-9-12-22-21(16)7-4-8-23(22)26-15-20(25)14-24-19-11-10-17-5-2-3-6-18(17)13-19;/h2-9,19-20,24-25H,10-15H2,1H3;1H. The molecule has 0 spiro atoms. The topological polar surface area (TPSA) is 41.5 Å². The molecule has 0 radical (unpaired) electrons. The molecule has 27 heavy (non-hydrogen) atoms. The van der Waals surface area contributed by atoms with Crippen molar-refractivity contribution in [3.8, 4) is 5.75 Å². The predicted octanol–water partition coefficient (Wildman–Crippen LogP) is 3.95. The monoisotopic (exact) mass is 385 g/mol. The summed E-state index contributed by atoms with van der Waals surface area (Å²) in [5.41, 5.74) is 6.73. The molecule has 4 heteroatoms. The first-order valence-corrected chi connectivity index (χ1v) is 9.61. The average molecular weight is 386 g/mol. The summed E-state index contributed by atoms with van der Waals surface area (Å²) in [7, 11) is 0. The molecule has 0 heterocycles. The SMILES string of the molecule is CC1=CCc2c(OCC(O)CNC3CCc4ccccc4C3)cccc21.Cl. The van der Waals surface area contributed by atoms with Crippen LogP contribution in [0.15, 0.2) is 48.5 Å². The first-order valence-electron chi connectivity index (χ1n) is 9.61. The molecule has 0 bridgehead atoms. The van der Waals surface area contributed by atoms with Crippen LogP contribution in [0.25, 0.3) is 5.57 Å². The van der Waals surface area contributed by atoms with Gasteiger partial charge in [-0.1, -0.05) is 42.5 Å². The van der Waals surface area contributed by atoms with Crippen molar-refractivity contribution in [3.63, 3.8) is 0 Å². The Labute approximate surface area is 167 Å². The van der Waals surface area contributed by atoms with E-state index in [1.165, 1.54) is 27.8 Å². The van der Waals surface area contributed by atoms with Crippen LogP contribution in [-0.2, 0) is 19.3 Å². The Bertz CT molecular complexity index is 818. The van der Waals surface area contributed by atoms with E-state index in [2.05, 4.69) is 48.6 Å². The van der Waals surface area contributed by atoms with Gasteiger partial charge in [-0.25, -0.2) is 0 Å². The molecule has 3 nitrogen and oxygen atoms in total. The highest BCUT2D eigenvalue weighted by molar-refractivity contribution is 5.85. The summed E-state index contributed by atoms with van der Waals surface area (Å²) in [6.45, 7) is 3.03. The largest absolute Gasteiger partial charge is 0.491 e. The second kappa shape index (κ2) is 8.92. The third-order valence-corrected chi connectivity index (χ3v) is 5.59. The minimum absolute atomic E-state index is 0. The van der Waals surface area contributed by atoms with Gasteiger partial charge in [-0.15, -0.1) is 12.4 Å². The van der Waals surface area contributed by atoms with Crippen LogP contribution < -0.4 is 10.1 Å². The molecule has 2 atom stereocenters. The van der Waals surface area contributed by atoms with Gasteiger partial charge >= 0.3 is 0 Å². The molecular weight excluding hydrogens is 358 g/mol. The summed E-state index contributed by atoms with van der Waals surface area (Å²) in [5.74, 6) is 0.904. The zero-order chi connectivity index (χ0) is 17.9. The van der Waals surface area contributed by atoms with Crippen LogP contribution in [0.4, 0.5) is 0 Å². The summed E-state index contributed by atoms with van der Waals surface area (Å²) >= 11 is 0. The molecule has 2 aliphatic carbocycles. The number of fused-ring (bicyclic) bond motifs is 2. The number of aliphatic hydroxyl groups is 1. The van der Waals surface area contributed by atoms with Gasteiger partial charge in [0, 0.05) is 18.2 Å². The van der Waals surface area contributed by atoms with Crippen LogP contribution in [0.1, 0.15) is 35.6 Å². The predicted molar refractivity (Wildman–Crippen MR) is 113 cm³/mol. The summed E-state index contributed by atoms with van der Waals surface area (Å²) < 4.78 is 5.93. The molecule has 4 rings (SSSR count). The van der Waals surface area contributed by atoms with Crippen molar-refractivity contribution in [2.45, 2.75) is 44.8 Å². The minimum Gasteiger partial charge on any atom is -0.491 e. The van der Waals surface area contributed by atoms with Gasteiger partial charge in [0.15, 0.2) is 0 Å². The van der Waals surface area contributed by atoms with Gasteiger partial charge in [0.25, 0.3) is 0 Å². The fourth-order valence-corrected chi connectivity index (χ4v) is 4.07. The molecule has 0 amide bonds. The van der Waals surface area contributed by atoms with Crippen molar-refractivity contribution in [2.75, 3.05) is 13.2 Å². The van der Waals surface area contributed by atoms with Gasteiger partial charge in [0.05, 0.1) is 0 Å². The number of nitrogens with one attached hydrogen (secondary N) is 1. The van der Waals surface area contributed by atoms with Crippen LogP contribution in [0.2, 0.25) is 0 Å². The number of benzene rings is 2. The maximum atomic E-state index is 10.3. The van der Waals surface area contributed by atoms with Crippen molar-refractivity contribution in [2.24, 2.45) is 0 Å². The summed E-state index contributed by atoms with van der Waals surface area (Å²) in [6, 6.07) is 15.3. The van der Waals surface area contributed by atoms with E-state index >= 15 is 0 Å². The zero-order valence-electron chi connectivity index (χ0n) is 15.8. The molecule has 2 unspecified atom stereocenters. The van der Waals surface area contributed by atoms with Crippen molar-refractivity contribution in [1.82, 2.24) is 5.32 Å². The molecule has 2 aliphatic rings. The van der Waals surface area contributed by atoms with Crippen molar-refractivity contribution >= 4 is 18.0 Å². The van der Waals surface area contributed by atoms with E-state index in [4.69, 9.17) is 4.74 Å². The molecule has 0 saturated carbocycles. The van der Waals surface area contributed by atoms with Crippen molar-refractivity contribution in [3.05, 3.63) is 70.8 Å². The summed E-state index contributed by atoms with van der Waals surface area (Å²) in [6.07, 6.45) is 5.94. The Kier molecular flexibility index (Phi) is 6.59. The smallest absolute Gasteiger partial charge is 0.123 e. The zero-order valence-corrected chi connectivity index (χ0v) is 16.6. The molecule has 2 aromatic rings. The van der Waals surface area contributed by atoms with Crippen LogP contribution in [0, 0.1) is 0 Å². The number of ether oxygens (including phenoxy) is 1. The second-order valence-corrected chi connectivity index (χ2v) is 7.46. The first-order chi connectivity index (χ1) is 12.7. The Morgan fingerprint density at radius 2 is 1.96 bits per heavy atom. The number of rotatable bonds is 6. The number of allylic oxidation sites excluding steroid dienone is 2. The number of hydrogen-bond acceptors (Lipinski definition) is 3. The molecule has 0 fully saturated rings. The van der Waals surface area contributed by atoms with E-state index in [-0.39, 0.29) is 12.4 Å². The highest BCUT2D eigenvalue weighted by atomic mass is 35.5. The lowest BCUT2D eigenvalue weighted by Crippen LogP contribution is -2.40. The summed E-state index contributed by atoms with van der Waals surface area (Å²) in [4.78, 5) is 0. The normalized spacial score (nSPS) is 18.7. The summed E-state index contributed by atoms with van der Waals surface area (Å²) in [5, 5.41) is 13.9. The lowest BCUT2D eigenvalue weighted by atomic mass is 9.88. The molecule has 0 aliphatic heterocycles. The van der Waals surface area contributed by atoms with Gasteiger partial charge < -0.3 is 15.2 Å². The fraction of sp³-hybridized carbons (Fsp3) is 0.391. The average Bonchev–Trinajstić information content (AvgIpc) is 3.06. The van der Waals surface area contributed by atoms with Crippen LogP contribution in [0.5, 0.6) is 5.75 Å². The molecular formula is C23H28ClNO2. The second-order valence-electron chi connectivity index (χ2n) is 7.46. The third kappa shape index (κ3) is 4.55. The van der Waals surface area contributed by atoms with Gasteiger partial charge in [0.1, 0.15) is 18.5 Å². The van der Waals surface area contributed by atoms with Crippen LogP contribution >= 0.6 is 12.4 Å². The maximum absolute atomic E-state index is 10.3. The van der Waals surface area contributed by atoms with E-state index in [0.717, 1.165) is 31.4 Å². The highest BCUT2D eigenvalue weighted by Gasteiger charge is 2.19. The number of halogens is 1. The molecule has 144 valence electrons. The number of aliphatic hydroxyl groups excluding tert-OH is 1. The van der Waals surface area contributed by atoms with E-state index in [9.17, 15) is 5.11 Å². The van der Waals surface area contributed by atoms with Crippen LogP contribution in [-0.4, -0.2) is 30.4 Å². The Balaban J connectivity index is 0.00000210. The maximum Gasteiger partial charge on any atom is 0.123 e. The highest BCUT2D eigenvalue weighted by Crippen LogP contribution is 2.33. The molecule has 2 aromatic carbocycles. The van der Waals surface area contributed by atoms with Crippen LogP contribution in [0.3, 0.4) is 0 Å². The van der Waals surface area contributed by atoms with Gasteiger partial charge in [-0.3, -0.25) is 0 Å². The quantitative estimate of drug-likeness (QED) is 0.791. The minimum atomic E-state index is -0.501. The van der Waals surface area contributed by atoms with E-state index < -0.39 is 6.10 Å². The number of hydrogen-bond donors (Lipinski definition) is 2. The van der Waals surface area contributed by atoms with E-state index in [0.29, 0.717) is 19.2 Å². The first kappa shape index (κ1) is 19.9. The Morgan fingerprint density at radius 3 is 2.81 bits per heavy atom. The molecule has 0 saturated heterocycles. The van der Waals surface area contributed by atoms with Gasteiger partial charge in [-0.05, 0) is 60.9 Å². The third-order valence-electron chi connectivity index (χ3n) is 5.59.